The van der Waals surface area contributed by atoms with Gasteiger partial charge in [0.25, 0.3) is 5.89 Å². The molecule has 4 nitrogen and oxygen atoms in total. The molecule has 2 N–H and O–H groups in total. The zero-order valence-electron chi connectivity index (χ0n) is 11.5. The Morgan fingerprint density at radius 2 is 2.00 bits per heavy atom. The zero-order chi connectivity index (χ0) is 14.8. The van der Waals surface area contributed by atoms with Gasteiger partial charge in [0.2, 0.25) is 0 Å². The number of rotatable bonds is 3. The van der Waals surface area contributed by atoms with Crippen LogP contribution in [0, 0.1) is 6.92 Å². The predicted octanol–water partition coefficient (Wildman–Crippen LogP) is 3.87. The van der Waals surface area contributed by atoms with Crippen LogP contribution in [0.3, 0.4) is 0 Å². The van der Waals surface area contributed by atoms with E-state index >= 15 is 0 Å². The van der Waals surface area contributed by atoms with Crippen molar-refractivity contribution in [2.24, 2.45) is 0 Å². The molecular weight excluding hydrogens is 286 g/mol. The molecule has 2 aromatic carbocycles. The zero-order valence-corrected chi connectivity index (χ0v) is 12.3. The van der Waals surface area contributed by atoms with Gasteiger partial charge >= 0.3 is 0 Å². The summed E-state index contributed by atoms with van der Waals surface area (Å²) in [5.41, 5.74) is 9.50. The van der Waals surface area contributed by atoms with E-state index in [2.05, 4.69) is 10.1 Å². The van der Waals surface area contributed by atoms with Gasteiger partial charge in [-0.3, -0.25) is 0 Å². The van der Waals surface area contributed by atoms with Crippen molar-refractivity contribution < 1.29 is 4.52 Å². The van der Waals surface area contributed by atoms with Crippen LogP contribution in [-0.4, -0.2) is 10.1 Å². The summed E-state index contributed by atoms with van der Waals surface area (Å²) in [7, 11) is 0. The second-order valence-corrected chi connectivity index (χ2v) is 5.30. The highest BCUT2D eigenvalue weighted by Gasteiger charge is 2.13. The van der Waals surface area contributed by atoms with E-state index in [-0.39, 0.29) is 0 Å². The molecule has 1 heterocycles. The first-order valence-electron chi connectivity index (χ1n) is 6.56. The van der Waals surface area contributed by atoms with Crippen LogP contribution in [0.5, 0.6) is 0 Å². The fourth-order valence-corrected chi connectivity index (χ4v) is 2.34. The van der Waals surface area contributed by atoms with Crippen LogP contribution in [0.2, 0.25) is 5.02 Å². The van der Waals surface area contributed by atoms with E-state index in [0.717, 1.165) is 16.7 Å². The Labute approximate surface area is 127 Å². The first kappa shape index (κ1) is 13.6. The number of anilines is 1. The van der Waals surface area contributed by atoms with Gasteiger partial charge in [-0.15, -0.1) is 0 Å². The highest BCUT2D eigenvalue weighted by molar-refractivity contribution is 6.30. The minimum atomic E-state index is 0.438. The molecule has 0 aliphatic rings. The van der Waals surface area contributed by atoms with Crippen LogP contribution in [0.1, 0.15) is 17.0 Å². The predicted molar refractivity (Wildman–Crippen MR) is 83.1 cm³/mol. The summed E-state index contributed by atoms with van der Waals surface area (Å²) >= 11 is 5.97. The van der Waals surface area contributed by atoms with Gasteiger partial charge in [-0.05, 0) is 36.2 Å². The van der Waals surface area contributed by atoms with E-state index in [1.165, 1.54) is 0 Å². The molecule has 106 valence electrons. The highest BCUT2D eigenvalue weighted by Crippen LogP contribution is 2.27. The number of hydrogen-bond donors (Lipinski definition) is 1. The molecule has 0 bridgehead atoms. The standard InChI is InChI=1S/C16H14ClN3O/c1-10-4-2-7-13(15(10)18)16-19-14(20-21-16)9-11-5-3-6-12(17)8-11/h2-8H,9,18H2,1H3. The number of hydrogen-bond acceptors (Lipinski definition) is 4. The fraction of sp³-hybridized carbons (Fsp3) is 0.125. The van der Waals surface area contributed by atoms with E-state index in [0.29, 0.717) is 28.8 Å². The third-order valence-corrected chi connectivity index (χ3v) is 3.51. The van der Waals surface area contributed by atoms with Gasteiger partial charge < -0.3 is 10.3 Å². The molecule has 21 heavy (non-hydrogen) atoms. The van der Waals surface area contributed by atoms with E-state index < -0.39 is 0 Å². The van der Waals surface area contributed by atoms with Crippen molar-refractivity contribution in [1.82, 2.24) is 10.1 Å². The molecule has 0 saturated heterocycles. The quantitative estimate of drug-likeness (QED) is 0.746. The van der Waals surface area contributed by atoms with Crippen LogP contribution in [-0.2, 0) is 6.42 Å². The third-order valence-electron chi connectivity index (χ3n) is 3.27. The molecule has 0 atom stereocenters. The summed E-state index contributed by atoms with van der Waals surface area (Å²) in [5, 5.41) is 4.70. The Morgan fingerprint density at radius 1 is 1.19 bits per heavy atom. The topological polar surface area (TPSA) is 64.9 Å². The van der Waals surface area contributed by atoms with Gasteiger partial charge in [0, 0.05) is 17.1 Å². The van der Waals surface area contributed by atoms with Crippen LogP contribution < -0.4 is 5.73 Å². The minimum Gasteiger partial charge on any atom is -0.398 e. The van der Waals surface area contributed by atoms with E-state index in [4.69, 9.17) is 21.9 Å². The van der Waals surface area contributed by atoms with Crippen molar-refractivity contribution >= 4 is 17.3 Å². The van der Waals surface area contributed by atoms with E-state index in [9.17, 15) is 0 Å². The molecule has 0 aliphatic heterocycles. The molecule has 3 rings (SSSR count). The Balaban J connectivity index is 1.88. The molecule has 1 aromatic heterocycles. The summed E-state index contributed by atoms with van der Waals surface area (Å²) in [6, 6.07) is 13.3. The van der Waals surface area contributed by atoms with Gasteiger partial charge in [-0.25, -0.2) is 0 Å². The number of nitrogen functional groups attached to an aromatic ring is 1. The molecule has 0 fully saturated rings. The molecule has 0 unspecified atom stereocenters. The van der Waals surface area contributed by atoms with Crippen molar-refractivity contribution in [3.05, 3.63) is 64.4 Å². The second kappa shape index (κ2) is 5.58. The van der Waals surface area contributed by atoms with Crippen molar-refractivity contribution in [3.63, 3.8) is 0 Å². The molecular formula is C16H14ClN3O. The Bertz CT molecular complexity index is 783. The van der Waals surface area contributed by atoms with Gasteiger partial charge in [0.15, 0.2) is 5.82 Å². The van der Waals surface area contributed by atoms with E-state index in [1.807, 2.05) is 49.4 Å². The van der Waals surface area contributed by atoms with Crippen LogP contribution in [0.25, 0.3) is 11.5 Å². The van der Waals surface area contributed by atoms with Gasteiger partial charge in [-0.2, -0.15) is 4.98 Å². The number of para-hydroxylation sites is 1. The third kappa shape index (κ3) is 2.90. The molecule has 0 aliphatic carbocycles. The van der Waals surface area contributed by atoms with E-state index in [1.54, 1.807) is 0 Å². The monoisotopic (exact) mass is 299 g/mol. The van der Waals surface area contributed by atoms with Crippen molar-refractivity contribution in [2.75, 3.05) is 5.73 Å². The molecule has 5 heteroatoms. The summed E-state index contributed by atoms with van der Waals surface area (Å²) in [6.07, 6.45) is 0.565. The van der Waals surface area contributed by atoms with Gasteiger partial charge in [0.05, 0.1) is 5.56 Å². The number of aryl methyl sites for hydroxylation is 1. The lowest BCUT2D eigenvalue weighted by molar-refractivity contribution is 0.424. The maximum absolute atomic E-state index is 6.05. The Hall–Kier alpha value is -2.33. The summed E-state index contributed by atoms with van der Waals surface area (Å²) < 4.78 is 5.31. The minimum absolute atomic E-state index is 0.438. The lowest BCUT2D eigenvalue weighted by atomic mass is 10.1. The van der Waals surface area contributed by atoms with Crippen LogP contribution >= 0.6 is 11.6 Å². The lowest BCUT2D eigenvalue weighted by Crippen LogP contribution is -1.94. The average Bonchev–Trinajstić information content (AvgIpc) is 2.90. The number of benzene rings is 2. The summed E-state index contributed by atoms with van der Waals surface area (Å²) in [5.74, 6) is 1.04. The Morgan fingerprint density at radius 3 is 2.81 bits per heavy atom. The van der Waals surface area contributed by atoms with Crippen molar-refractivity contribution in [1.29, 1.82) is 0 Å². The number of nitrogens with two attached hydrogens (primary N) is 1. The highest BCUT2D eigenvalue weighted by atomic mass is 35.5. The molecule has 0 saturated carbocycles. The molecule has 3 aromatic rings. The SMILES string of the molecule is Cc1cccc(-c2nc(Cc3cccc(Cl)c3)no2)c1N. The fourth-order valence-electron chi connectivity index (χ4n) is 2.13. The lowest BCUT2D eigenvalue weighted by Gasteiger charge is -2.03. The molecule has 0 radical (unpaired) electrons. The van der Waals surface area contributed by atoms with Gasteiger partial charge in [-0.1, -0.05) is 41.0 Å². The first-order valence-corrected chi connectivity index (χ1v) is 6.94. The normalized spacial score (nSPS) is 10.8. The number of nitrogens with zero attached hydrogens (tertiary/aromatic N) is 2. The van der Waals surface area contributed by atoms with Crippen LogP contribution in [0.4, 0.5) is 5.69 Å². The largest absolute Gasteiger partial charge is 0.398 e. The average molecular weight is 300 g/mol. The number of aromatic nitrogens is 2. The maximum Gasteiger partial charge on any atom is 0.260 e. The maximum atomic E-state index is 6.05. The van der Waals surface area contributed by atoms with Crippen LogP contribution in [0.15, 0.2) is 47.0 Å². The first-order chi connectivity index (χ1) is 10.1. The smallest absolute Gasteiger partial charge is 0.260 e. The summed E-state index contributed by atoms with van der Waals surface area (Å²) in [4.78, 5) is 4.41. The number of halogens is 1. The second-order valence-electron chi connectivity index (χ2n) is 4.86. The molecule has 0 amide bonds. The Kier molecular flexibility index (Phi) is 3.62. The van der Waals surface area contributed by atoms with Gasteiger partial charge in [0.1, 0.15) is 0 Å². The summed E-state index contributed by atoms with van der Waals surface area (Å²) in [6.45, 7) is 1.95. The van der Waals surface area contributed by atoms with Crippen molar-refractivity contribution in [3.8, 4) is 11.5 Å². The van der Waals surface area contributed by atoms with Crippen molar-refractivity contribution in [2.45, 2.75) is 13.3 Å². The molecule has 0 spiro atoms.